The van der Waals surface area contributed by atoms with E-state index in [1.807, 2.05) is 11.3 Å². The number of hydrogen-bond donors (Lipinski definition) is 0. The Bertz CT molecular complexity index is 3560. The Hall–Kier alpha value is -7.20. The summed E-state index contributed by atoms with van der Waals surface area (Å²) in [5, 5.41) is 12.3. The molecule has 0 saturated carbocycles. The van der Waals surface area contributed by atoms with Gasteiger partial charge in [-0.15, -0.1) is 11.3 Å². The lowest BCUT2D eigenvalue weighted by Gasteiger charge is -2.12. The second-order valence-electron chi connectivity index (χ2n) is 15.0. The molecule has 0 aliphatic heterocycles. The van der Waals surface area contributed by atoms with Gasteiger partial charge in [0, 0.05) is 43.3 Å². The summed E-state index contributed by atoms with van der Waals surface area (Å²) in [5.41, 5.74) is 11.6. The Kier molecular flexibility index (Phi) is 7.13. The monoisotopic (exact) mass is 740 g/mol. The Morgan fingerprint density at radius 2 is 0.772 bits per heavy atom. The average Bonchev–Trinajstić information content (AvgIpc) is 3.67. The molecule has 0 fully saturated rings. The first-order valence-electron chi connectivity index (χ1n) is 19.4. The van der Waals surface area contributed by atoms with Crippen molar-refractivity contribution in [3.63, 3.8) is 0 Å². The van der Waals surface area contributed by atoms with E-state index >= 15 is 0 Å². The topological polar surface area (TPSA) is 25.8 Å². The minimum absolute atomic E-state index is 0.938. The first kappa shape index (κ1) is 32.1. The van der Waals surface area contributed by atoms with Crippen LogP contribution >= 0.6 is 11.3 Å². The fraction of sp³-hybridized carbons (Fsp3) is 0. The quantitative estimate of drug-likeness (QED) is 0.168. The van der Waals surface area contributed by atoms with E-state index in [0.717, 1.165) is 27.4 Å². The summed E-state index contributed by atoms with van der Waals surface area (Å²) in [4.78, 5) is 9.53. The van der Waals surface area contributed by atoms with Crippen molar-refractivity contribution in [3.8, 4) is 44.5 Å². The highest BCUT2D eigenvalue weighted by atomic mass is 32.1. The molecule has 2 heterocycles. The molecule has 2 nitrogen and oxygen atoms in total. The molecule has 10 aromatic carbocycles. The van der Waals surface area contributed by atoms with Crippen LogP contribution in [0.1, 0.15) is 0 Å². The lowest BCUT2D eigenvalue weighted by molar-refractivity contribution is 1.31. The molecular weight excluding hydrogens is 709 g/mol. The van der Waals surface area contributed by atoms with Crippen LogP contribution in [0.15, 0.2) is 194 Å². The maximum atomic E-state index is 4.79. The summed E-state index contributed by atoms with van der Waals surface area (Å²) >= 11 is 1.89. The molecule has 12 rings (SSSR count). The molecule has 12 aromatic rings. The number of rotatable bonds is 4. The summed E-state index contributed by atoms with van der Waals surface area (Å²) in [5.74, 6) is 0. The molecule has 57 heavy (non-hydrogen) atoms. The van der Waals surface area contributed by atoms with Gasteiger partial charge in [0.2, 0.25) is 0 Å². The van der Waals surface area contributed by atoms with Crippen LogP contribution in [0.2, 0.25) is 0 Å². The van der Waals surface area contributed by atoms with Gasteiger partial charge >= 0.3 is 0 Å². The van der Waals surface area contributed by atoms with Crippen molar-refractivity contribution in [1.82, 2.24) is 9.97 Å². The zero-order valence-electron chi connectivity index (χ0n) is 30.8. The zero-order chi connectivity index (χ0) is 37.5. The molecule has 0 spiro atoms. The minimum atomic E-state index is 0.938. The maximum absolute atomic E-state index is 4.79. The van der Waals surface area contributed by atoms with Crippen molar-refractivity contribution in [1.29, 1.82) is 0 Å². The van der Waals surface area contributed by atoms with Gasteiger partial charge in [0.05, 0.1) is 11.0 Å². The van der Waals surface area contributed by atoms with Crippen LogP contribution < -0.4 is 0 Å². The second-order valence-corrected chi connectivity index (χ2v) is 16.0. The van der Waals surface area contributed by atoms with Gasteiger partial charge in [-0.25, -0.2) is 0 Å². The molecule has 3 heteroatoms. The Morgan fingerprint density at radius 3 is 1.46 bits per heavy atom. The molecule has 0 atom stereocenters. The fourth-order valence-corrected chi connectivity index (χ4v) is 10.1. The molecule has 0 unspecified atom stereocenters. The molecule has 0 aliphatic rings. The van der Waals surface area contributed by atoms with Crippen LogP contribution in [0.4, 0.5) is 0 Å². The number of aromatic nitrogens is 2. The summed E-state index contributed by atoms with van der Waals surface area (Å²) in [6.07, 6.45) is 3.57. The Labute approximate surface area is 333 Å². The van der Waals surface area contributed by atoms with Crippen molar-refractivity contribution in [2.45, 2.75) is 0 Å². The number of thiophene rings is 1. The van der Waals surface area contributed by atoms with Crippen molar-refractivity contribution in [3.05, 3.63) is 194 Å². The predicted molar refractivity (Wildman–Crippen MR) is 244 cm³/mol. The van der Waals surface area contributed by atoms with Gasteiger partial charge in [-0.2, -0.15) is 0 Å². The number of fused-ring (bicyclic) bond motifs is 11. The Balaban J connectivity index is 0.858. The van der Waals surface area contributed by atoms with Crippen LogP contribution in [-0.2, 0) is 0 Å². The van der Waals surface area contributed by atoms with Gasteiger partial charge in [-0.05, 0) is 119 Å². The van der Waals surface area contributed by atoms with E-state index < -0.39 is 0 Å². The van der Waals surface area contributed by atoms with Gasteiger partial charge in [0.25, 0.3) is 0 Å². The van der Waals surface area contributed by atoms with Crippen LogP contribution in [0.25, 0.3) is 119 Å². The first-order valence-corrected chi connectivity index (χ1v) is 20.2. The molecule has 0 amide bonds. The summed E-state index contributed by atoms with van der Waals surface area (Å²) in [6.45, 7) is 0. The molecule has 0 N–H and O–H groups in total. The average molecular weight is 741 g/mol. The van der Waals surface area contributed by atoms with Gasteiger partial charge in [-0.3, -0.25) is 9.97 Å². The molecule has 0 aliphatic carbocycles. The fourth-order valence-electron chi connectivity index (χ4n) is 8.86. The zero-order valence-corrected chi connectivity index (χ0v) is 31.6. The van der Waals surface area contributed by atoms with Crippen molar-refractivity contribution >= 4 is 85.6 Å². The molecule has 2 aromatic heterocycles. The molecule has 0 bridgehead atoms. The van der Waals surface area contributed by atoms with Crippen LogP contribution in [0.3, 0.4) is 0 Å². The smallest absolute Gasteiger partial charge is 0.0971 e. The van der Waals surface area contributed by atoms with E-state index in [9.17, 15) is 0 Å². The first-order chi connectivity index (χ1) is 28.2. The normalized spacial score (nSPS) is 11.9. The van der Waals surface area contributed by atoms with E-state index in [1.165, 1.54) is 91.4 Å². The highest BCUT2D eigenvalue weighted by Gasteiger charge is 2.14. The van der Waals surface area contributed by atoms with Crippen LogP contribution in [0, 0.1) is 0 Å². The lowest BCUT2D eigenvalue weighted by Crippen LogP contribution is -1.89. The van der Waals surface area contributed by atoms with Crippen molar-refractivity contribution in [2.75, 3.05) is 0 Å². The van der Waals surface area contributed by atoms with Gasteiger partial charge < -0.3 is 0 Å². The number of hydrogen-bond acceptors (Lipinski definition) is 3. The predicted octanol–water partition coefficient (Wildman–Crippen LogP) is 15.3. The SMILES string of the molecule is c1cc(-c2ccc3cc(-c4ccc5cc(-c6cccc7c6sc6ccccc67)ccc5c4)ccc3c2)cc(-c2ccc3c4ccccc4c4nccnc4c3c2)c1. The summed E-state index contributed by atoms with van der Waals surface area (Å²) in [6, 6.07) is 66.9. The van der Waals surface area contributed by atoms with Crippen LogP contribution in [0.5, 0.6) is 0 Å². The van der Waals surface area contributed by atoms with Crippen molar-refractivity contribution in [2.24, 2.45) is 0 Å². The minimum Gasteiger partial charge on any atom is -0.252 e. The van der Waals surface area contributed by atoms with Gasteiger partial charge in [-0.1, -0.05) is 140 Å². The molecule has 0 radical (unpaired) electrons. The van der Waals surface area contributed by atoms with E-state index in [4.69, 9.17) is 9.97 Å². The van der Waals surface area contributed by atoms with E-state index in [-0.39, 0.29) is 0 Å². The molecule has 264 valence electrons. The maximum Gasteiger partial charge on any atom is 0.0971 e. The number of nitrogens with zero attached hydrogens (tertiary/aromatic N) is 2. The van der Waals surface area contributed by atoms with Crippen molar-refractivity contribution < 1.29 is 0 Å². The van der Waals surface area contributed by atoms with E-state index in [2.05, 4.69) is 182 Å². The largest absolute Gasteiger partial charge is 0.252 e. The van der Waals surface area contributed by atoms with E-state index in [0.29, 0.717) is 0 Å². The van der Waals surface area contributed by atoms with E-state index in [1.54, 1.807) is 12.4 Å². The highest BCUT2D eigenvalue weighted by Crippen LogP contribution is 2.41. The third-order valence-electron chi connectivity index (χ3n) is 11.7. The Morgan fingerprint density at radius 1 is 0.298 bits per heavy atom. The van der Waals surface area contributed by atoms with Gasteiger partial charge in [0.15, 0.2) is 0 Å². The third kappa shape index (κ3) is 5.24. The lowest BCUT2D eigenvalue weighted by atomic mass is 9.93. The van der Waals surface area contributed by atoms with Crippen LogP contribution in [-0.4, -0.2) is 9.97 Å². The third-order valence-corrected chi connectivity index (χ3v) is 12.9. The summed E-state index contributed by atoms with van der Waals surface area (Å²) < 4.78 is 2.69. The molecule has 0 saturated heterocycles. The summed E-state index contributed by atoms with van der Waals surface area (Å²) in [7, 11) is 0. The second kappa shape index (κ2) is 12.7. The molecular formula is C54H32N2S. The number of benzene rings is 10. The van der Waals surface area contributed by atoms with Gasteiger partial charge in [0.1, 0.15) is 0 Å². The highest BCUT2D eigenvalue weighted by molar-refractivity contribution is 7.26. The standard InChI is InChI=1S/C54H32N2S/c1-2-11-48-45(9-1)46-24-23-42(32-50(46)53-52(48)55-25-26-56-53)34-8-5-7-33(27-34)35-15-16-37-29-38(18-17-36(37)28-35)39-19-20-41-31-43(22-21-40(41)30-39)44-12-6-13-49-47-10-3-4-14-51(47)57-54(44)49/h1-32H.